The van der Waals surface area contributed by atoms with Crippen LogP contribution in [-0.2, 0) is 11.2 Å². The number of amides is 1. The van der Waals surface area contributed by atoms with Crippen molar-refractivity contribution in [1.82, 2.24) is 20.2 Å². The van der Waals surface area contributed by atoms with Crippen molar-refractivity contribution in [2.24, 2.45) is 0 Å². The zero-order chi connectivity index (χ0) is 25.7. The minimum Gasteiger partial charge on any atom is -0.497 e. The van der Waals surface area contributed by atoms with E-state index < -0.39 is 0 Å². The number of nitrogens with one attached hydrogen (secondary N) is 1. The van der Waals surface area contributed by atoms with E-state index in [1.54, 1.807) is 19.2 Å². The molecule has 1 unspecified atom stereocenters. The second-order valence-electron chi connectivity index (χ2n) is 9.35. The van der Waals surface area contributed by atoms with Gasteiger partial charge < -0.3 is 4.74 Å². The highest BCUT2D eigenvalue weighted by Crippen LogP contribution is 2.40. The molecular weight excluding hydrogens is 495 g/mol. The largest absolute Gasteiger partial charge is 0.497 e. The highest BCUT2D eigenvalue weighted by molar-refractivity contribution is 6.35. The lowest BCUT2D eigenvalue weighted by Crippen LogP contribution is -2.43. The van der Waals surface area contributed by atoms with Crippen LogP contribution < -0.4 is 10.2 Å². The average Bonchev–Trinajstić information content (AvgIpc) is 3.26. The number of halogens is 2. The van der Waals surface area contributed by atoms with Crippen LogP contribution in [0.1, 0.15) is 62.6 Å². The van der Waals surface area contributed by atoms with Crippen molar-refractivity contribution in [3.63, 3.8) is 0 Å². The van der Waals surface area contributed by atoms with E-state index >= 15 is 0 Å². The van der Waals surface area contributed by atoms with Gasteiger partial charge in [-0.25, -0.2) is 9.69 Å². The van der Waals surface area contributed by atoms with E-state index in [0.29, 0.717) is 10.0 Å². The Labute approximate surface area is 223 Å². The fourth-order valence-electron chi connectivity index (χ4n) is 4.84. The second-order valence-corrected chi connectivity index (χ2v) is 10.2. The van der Waals surface area contributed by atoms with Crippen molar-refractivity contribution in [2.75, 3.05) is 20.7 Å². The summed E-state index contributed by atoms with van der Waals surface area (Å²) < 4.78 is 7.22. The lowest BCUT2D eigenvalue weighted by atomic mass is 9.85. The molecule has 0 saturated heterocycles. The number of methoxy groups -OCH3 is 1. The molecule has 1 N–H and O–H groups in total. The number of benzene rings is 2. The summed E-state index contributed by atoms with van der Waals surface area (Å²) in [6, 6.07) is 13.3. The maximum Gasteiger partial charge on any atom is 0.243 e. The van der Waals surface area contributed by atoms with E-state index in [1.165, 1.54) is 19.3 Å². The van der Waals surface area contributed by atoms with Crippen molar-refractivity contribution in [3.8, 4) is 22.7 Å². The SMILES string of the molecule is CCCCCCN(C)NC(=O)C1CCCc2c1nn(-c1ccc(Cl)cc1Cl)c2-c1ccc(OC)cc1. The second kappa shape index (κ2) is 12.1. The van der Waals surface area contributed by atoms with Crippen molar-refractivity contribution in [1.29, 1.82) is 0 Å². The summed E-state index contributed by atoms with van der Waals surface area (Å²) in [6.07, 6.45) is 7.15. The van der Waals surface area contributed by atoms with E-state index in [4.69, 9.17) is 33.0 Å². The molecule has 1 aliphatic rings. The van der Waals surface area contributed by atoms with E-state index in [0.717, 1.165) is 66.2 Å². The number of hydrazine groups is 1. The van der Waals surface area contributed by atoms with Gasteiger partial charge in [0.1, 0.15) is 5.75 Å². The molecule has 2 aromatic carbocycles. The van der Waals surface area contributed by atoms with Gasteiger partial charge in [0.15, 0.2) is 0 Å². The Morgan fingerprint density at radius 1 is 1.17 bits per heavy atom. The number of ether oxygens (including phenoxy) is 1. The maximum absolute atomic E-state index is 13.4. The molecule has 1 amide bonds. The summed E-state index contributed by atoms with van der Waals surface area (Å²) in [5.41, 5.74) is 7.66. The highest BCUT2D eigenvalue weighted by Gasteiger charge is 2.34. The first-order valence-corrected chi connectivity index (χ1v) is 13.4. The van der Waals surface area contributed by atoms with Crippen LogP contribution in [0.4, 0.5) is 0 Å². The minimum absolute atomic E-state index is 0.0120. The predicted octanol–water partition coefficient (Wildman–Crippen LogP) is 6.82. The molecule has 0 fully saturated rings. The molecule has 0 saturated carbocycles. The van der Waals surface area contributed by atoms with E-state index in [1.807, 2.05) is 47.1 Å². The third-order valence-corrected chi connectivity index (χ3v) is 7.27. The monoisotopic (exact) mass is 528 g/mol. The number of hydrogen-bond donors (Lipinski definition) is 1. The van der Waals surface area contributed by atoms with Crippen molar-refractivity contribution in [3.05, 3.63) is 63.8 Å². The van der Waals surface area contributed by atoms with Gasteiger partial charge in [0.05, 0.1) is 35.1 Å². The molecule has 1 aliphatic carbocycles. The fraction of sp³-hybridized carbons (Fsp3) is 0.429. The van der Waals surface area contributed by atoms with E-state index in [9.17, 15) is 4.79 Å². The lowest BCUT2D eigenvalue weighted by molar-refractivity contribution is -0.127. The van der Waals surface area contributed by atoms with Gasteiger partial charge in [-0.1, -0.05) is 49.4 Å². The van der Waals surface area contributed by atoms with Gasteiger partial charge in [-0.3, -0.25) is 10.2 Å². The van der Waals surface area contributed by atoms with Crippen LogP contribution >= 0.6 is 23.2 Å². The number of nitrogens with zero attached hydrogens (tertiary/aromatic N) is 3. The van der Waals surface area contributed by atoms with Crippen LogP contribution in [0.15, 0.2) is 42.5 Å². The average molecular weight is 530 g/mol. The minimum atomic E-state index is -0.323. The highest BCUT2D eigenvalue weighted by atomic mass is 35.5. The molecular formula is C28H34Cl2N4O2. The van der Waals surface area contributed by atoms with Crippen LogP contribution in [0.25, 0.3) is 16.9 Å². The fourth-order valence-corrected chi connectivity index (χ4v) is 5.33. The normalized spacial score (nSPS) is 15.1. The topological polar surface area (TPSA) is 59.4 Å². The number of fused-ring (bicyclic) bond motifs is 1. The van der Waals surface area contributed by atoms with Gasteiger partial charge in [-0.2, -0.15) is 5.10 Å². The van der Waals surface area contributed by atoms with Crippen LogP contribution in [0.5, 0.6) is 5.75 Å². The molecule has 8 heteroatoms. The molecule has 1 aromatic heterocycles. The Morgan fingerprint density at radius 2 is 1.94 bits per heavy atom. The summed E-state index contributed by atoms with van der Waals surface area (Å²) in [6.45, 7) is 3.03. The molecule has 4 rings (SSSR count). The molecule has 0 aliphatic heterocycles. The Morgan fingerprint density at radius 3 is 2.64 bits per heavy atom. The first-order valence-electron chi connectivity index (χ1n) is 12.7. The molecule has 0 spiro atoms. The first-order chi connectivity index (χ1) is 17.4. The number of aromatic nitrogens is 2. The number of unbranched alkanes of at least 4 members (excludes halogenated alkanes) is 3. The molecule has 192 valence electrons. The van der Waals surface area contributed by atoms with Gasteiger partial charge in [-0.15, -0.1) is 0 Å². The standard InChI is InChI=1S/C28H34Cl2N4O2/c1-4-5-6-7-17-33(2)32-28(35)23-10-8-9-22-26(23)31-34(25-16-13-20(29)18-24(25)30)27(22)19-11-14-21(36-3)15-12-19/h11-16,18,23H,4-10,17H2,1-3H3,(H,32,35). The third-order valence-electron chi connectivity index (χ3n) is 6.73. The summed E-state index contributed by atoms with van der Waals surface area (Å²) in [4.78, 5) is 13.4. The molecule has 3 aromatic rings. The Bertz CT molecular complexity index is 1190. The molecule has 36 heavy (non-hydrogen) atoms. The Kier molecular flexibility index (Phi) is 8.94. The first kappa shape index (κ1) is 26.5. The van der Waals surface area contributed by atoms with Gasteiger partial charge in [0.2, 0.25) is 5.91 Å². The molecule has 1 heterocycles. The summed E-state index contributed by atoms with van der Waals surface area (Å²) in [7, 11) is 3.58. The number of carbonyl (C=O) groups excluding carboxylic acids is 1. The lowest BCUT2D eigenvalue weighted by Gasteiger charge is -2.25. The van der Waals surface area contributed by atoms with Crippen LogP contribution in [0, 0.1) is 0 Å². The van der Waals surface area contributed by atoms with Crippen molar-refractivity contribution < 1.29 is 9.53 Å². The maximum atomic E-state index is 13.4. The van der Waals surface area contributed by atoms with Gasteiger partial charge >= 0.3 is 0 Å². The zero-order valence-electron chi connectivity index (χ0n) is 21.2. The molecule has 0 radical (unpaired) electrons. The van der Waals surface area contributed by atoms with Crippen LogP contribution in [0.2, 0.25) is 10.0 Å². The summed E-state index contributed by atoms with van der Waals surface area (Å²) in [5, 5.41) is 7.98. The quantitative estimate of drug-likeness (QED) is 0.231. The number of rotatable bonds is 10. The third kappa shape index (κ3) is 5.88. The Hall–Kier alpha value is -2.54. The molecule has 1 atom stereocenters. The smallest absolute Gasteiger partial charge is 0.243 e. The van der Waals surface area contributed by atoms with Crippen LogP contribution in [-0.4, -0.2) is 41.4 Å². The summed E-state index contributed by atoms with van der Waals surface area (Å²) >= 11 is 12.8. The number of carbonyl (C=O) groups is 1. The zero-order valence-corrected chi connectivity index (χ0v) is 22.7. The van der Waals surface area contributed by atoms with E-state index in [-0.39, 0.29) is 11.8 Å². The van der Waals surface area contributed by atoms with Crippen molar-refractivity contribution in [2.45, 2.75) is 57.8 Å². The van der Waals surface area contributed by atoms with Gasteiger partial charge in [0.25, 0.3) is 0 Å². The Balaban J connectivity index is 1.70. The van der Waals surface area contributed by atoms with Gasteiger partial charge in [0, 0.05) is 29.7 Å². The van der Waals surface area contributed by atoms with Crippen LogP contribution in [0.3, 0.4) is 0 Å². The molecule has 6 nitrogen and oxygen atoms in total. The molecule has 0 bridgehead atoms. The van der Waals surface area contributed by atoms with E-state index in [2.05, 4.69) is 12.3 Å². The number of hydrogen-bond acceptors (Lipinski definition) is 4. The summed E-state index contributed by atoms with van der Waals surface area (Å²) in [5.74, 6) is 0.445. The van der Waals surface area contributed by atoms with Crippen molar-refractivity contribution >= 4 is 29.1 Å². The predicted molar refractivity (Wildman–Crippen MR) is 146 cm³/mol. The van der Waals surface area contributed by atoms with Gasteiger partial charge in [-0.05, 0) is 68.1 Å².